The van der Waals surface area contributed by atoms with Gasteiger partial charge in [-0.1, -0.05) is 19.4 Å². The monoisotopic (exact) mass is 398 g/mol. The molecule has 0 radical (unpaired) electrons. The number of benzene rings is 1. The maximum absolute atomic E-state index is 13.9. The molecular weight excluding hydrogens is 363 g/mol. The molecule has 158 valence electrons. The van der Waals surface area contributed by atoms with Gasteiger partial charge in [-0.2, -0.15) is 5.10 Å². The minimum absolute atomic E-state index is 0.0556. The maximum Gasteiger partial charge on any atom is 0.125 e. The molecule has 0 spiro atoms. The molecule has 0 saturated carbocycles. The quantitative estimate of drug-likeness (QED) is 0.684. The summed E-state index contributed by atoms with van der Waals surface area (Å²) >= 11 is 0. The van der Waals surface area contributed by atoms with E-state index < -0.39 is 0 Å². The fraction of sp³-hybridized carbons (Fsp3) is 0.625. The van der Waals surface area contributed by atoms with E-state index in [9.17, 15) is 4.39 Å². The van der Waals surface area contributed by atoms with Crippen LogP contribution in [0.5, 0.6) is 0 Å². The largest absolute Gasteiger partial charge is 0.363 e. The molecule has 4 rings (SSSR count). The number of halogens is 1. The van der Waals surface area contributed by atoms with E-state index in [1.807, 2.05) is 6.07 Å². The van der Waals surface area contributed by atoms with E-state index in [1.165, 1.54) is 24.5 Å². The maximum atomic E-state index is 13.9. The fourth-order valence-electron chi connectivity index (χ4n) is 5.52. The molecule has 4 nitrogen and oxygen atoms in total. The smallest absolute Gasteiger partial charge is 0.125 e. The average Bonchev–Trinajstić information content (AvgIpc) is 3.14. The van der Waals surface area contributed by atoms with Crippen molar-refractivity contribution in [2.45, 2.75) is 78.0 Å². The van der Waals surface area contributed by atoms with Gasteiger partial charge in [0.2, 0.25) is 0 Å². The molecular formula is C24H35FN4. The van der Waals surface area contributed by atoms with Crippen molar-refractivity contribution < 1.29 is 4.39 Å². The van der Waals surface area contributed by atoms with Crippen LogP contribution in [0.1, 0.15) is 57.7 Å². The average molecular weight is 399 g/mol. The molecule has 0 unspecified atom stereocenters. The molecule has 0 bridgehead atoms. The first-order valence-electron chi connectivity index (χ1n) is 11.2. The Bertz CT molecular complexity index is 843. The second-order valence-electron chi connectivity index (χ2n) is 9.57. The molecule has 29 heavy (non-hydrogen) atoms. The van der Waals surface area contributed by atoms with Gasteiger partial charge in [-0.3, -0.25) is 9.58 Å². The normalized spacial score (nSPS) is 24.1. The van der Waals surface area contributed by atoms with Crippen LogP contribution < -0.4 is 4.90 Å². The number of piperidine rings is 1. The Morgan fingerprint density at radius 1 is 1.28 bits per heavy atom. The molecule has 2 saturated heterocycles. The number of hydrogen-bond acceptors (Lipinski definition) is 3. The summed E-state index contributed by atoms with van der Waals surface area (Å²) in [6, 6.07) is 7.63. The van der Waals surface area contributed by atoms with Gasteiger partial charge in [0, 0.05) is 55.2 Å². The third-order valence-corrected chi connectivity index (χ3v) is 6.79. The first kappa shape index (κ1) is 20.4. The van der Waals surface area contributed by atoms with Gasteiger partial charge in [-0.25, -0.2) is 4.39 Å². The van der Waals surface area contributed by atoms with E-state index in [1.54, 1.807) is 6.07 Å². The van der Waals surface area contributed by atoms with Crippen molar-refractivity contribution in [3.8, 4) is 0 Å². The molecule has 2 aliphatic rings. The summed E-state index contributed by atoms with van der Waals surface area (Å²) in [6.07, 6.45) is 6.90. The van der Waals surface area contributed by atoms with Crippen molar-refractivity contribution in [1.82, 2.24) is 14.7 Å². The van der Waals surface area contributed by atoms with E-state index in [-0.39, 0.29) is 11.4 Å². The van der Waals surface area contributed by atoms with Crippen LogP contribution in [0.25, 0.3) is 0 Å². The van der Waals surface area contributed by atoms with E-state index in [0.29, 0.717) is 12.0 Å². The summed E-state index contributed by atoms with van der Waals surface area (Å²) in [6.45, 7) is 13.2. The van der Waals surface area contributed by atoms with Crippen molar-refractivity contribution in [2.75, 3.05) is 18.0 Å². The number of rotatable bonds is 6. The number of anilines is 1. The first-order valence-corrected chi connectivity index (χ1v) is 11.2. The van der Waals surface area contributed by atoms with Crippen LogP contribution >= 0.6 is 0 Å². The second-order valence-corrected chi connectivity index (χ2v) is 9.57. The minimum atomic E-state index is -0.144. The lowest BCUT2D eigenvalue weighted by Gasteiger charge is -2.42. The predicted molar refractivity (Wildman–Crippen MR) is 117 cm³/mol. The van der Waals surface area contributed by atoms with Crippen LogP contribution in [0.15, 0.2) is 30.5 Å². The number of hydrogen-bond donors (Lipinski definition) is 0. The van der Waals surface area contributed by atoms with Gasteiger partial charge in [0.05, 0.1) is 5.69 Å². The molecule has 1 aromatic carbocycles. The highest BCUT2D eigenvalue weighted by Gasteiger charge is 2.48. The van der Waals surface area contributed by atoms with Crippen molar-refractivity contribution in [1.29, 1.82) is 0 Å². The van der Waals surface area contributed by atoms with Crippen LogP contribution in [0.2, 0.25) is 0 Å². The first-order chi connectivity index (χ1) is 13.9. The standard InChI is InChI=1S/C24H35FN4/c1-5-6-11-28-17-20(18(2)26-28)16-27-12-10-23-19(15-27)14-24(3,4)29(23)22-9-7-8-21(25)13-22/h7-9,13,17,19,23H,5-6,10-12,14-16H2,1-4H3/t19-,23+/m1/s1. The Kier molecular flexibility index (Phi) is 5.69. The lowest BCUT2D eigenvalue weighted by atomic mass is 9.89. The fourth-order valence-corrected chi connectivity index (χ4v) is 5.52. The Morgan fingerprint density at radius 2 is 2.10 bits per heavy atom. The predicted octanol–water partition coefficient (Wildman–Crippen LogP) is 5.01. The molecule has 0 aliphatic carbocycles. The van der Waals surface area contributed by atoms with Gasteiger partial charge in [-0.15, -0.1) is 0 Å². The molecule has 0 amide bonds. The molecule has 3 heterocycles. The summed E-state index contributed by atoms with van der Waals surface area (Å²) in [7, 11) is 0. The summed E-state index contributed by atoms with van der Waals surface area (Å²) in [5, 5.41) is 4.71. The summed E-state index contributed by atoms with van der Waals surface area (Å²) < 4.78 is 16.0. The van der Waals surface area contributed by atoms with E-state index in [4.69, 9.17) is 5.10 Å². The Balaban J connectivity index is 1.45. The lowest BCUT2D eigenvalue weighted by molar-refractivity contribution is 0.161. The van der Waals surface area contributed by atoms with E-state index in [2.05, 4.69) is 54.4 Å². The molecule has 2 fully saturated rings. The Labute approximate surface area is 174 Å². The summed E-state index contributed by atoms with van der Waals surface area (Å²) in [5.74, 6) is 0.479. The lowest BCUT2D eigenvalue weighted by Crippen LogP contribution is -2.48. The van der Waals surface area contributed by atoms with Gasteiger partial charge >= 0.3 is 0 Å². The van der Waals surface area contributed by atoms with Crippen molar-refractivity contribution in [3.05, 3.63) is 47.5 Å². The van der Waals surface area contributed by atoms with Gasteiger partial charge < -0.3 is 4.90 Å². The Hall–Kier alpha value is -1.88. The number of aromatic nitrogens is 2. The molecule has 2 aromatic rings. The highest BCUT2D eigenvalue weighted by Crippen LogP contribution is 2.44. The van der Waals surface area contributed by atoms with Gasteiger partial charge in [-0.05, 0) is 64.2 Å². The highest BCUT2D eigenvalue weighted by atomic mass is 19.1. The SMILES string of the molecule is CCCCn1cc(CN2CC[C@H]3[C@@H](C2)CC(C)(C)N3c2cccc(F)c2)c(C)n1. The van der Waals surface area contributed by atoms with Crippen LogP contribution in [-0.4, -0.2) is 39.4 Å². The zero-order chi connectivity index (χ0) is 20.6. The molecule has 2 atom stereocenters. The van der Waals surface area contributed by atoms with Gasteiger partial charge in [0.1, 0.15) is 5.82 Å². The number of likely N-dealkylation sites (tertiary alicyclic amines) is 1. The van der Waals surface area contributed by atoms with E-state index in [0.717, 1.165) is 50.4 Å². The molecule has 0 N–H and O–H groups in total. The van der Waals surface area contributed by atoms with Crippen LogP contribution in [-0.2, 0) is 13.1 Å². The number of nitrogens with zero attached hydrogens (tertiary/aromatic N) is 4. The minimum Gasteiger partial charge on any atom is -0.363 e. The number of fused-ring (bicyclic) bond motifs is 1. The highest BCUT2D eigenvalue weighted by molar-refractivity contribution is 5.52. The number of aryl methyl sites for hydroxylation is 2. The molecule has 1 aromatic heterocycles. The van der Waals surface area contributed by atoms with Crippen LogP contribution in [0, 0.1) is 18.7 Å². The summed E-state index contributed by atoms with van der Waals surface area (Å²) in [5.41, 5.74) is 3.61. The van der Waals surface area contributed by atoms with Crippen molar-refractivity contribution in [3.63, 3.8) is 0 Å². The third kappa shape index (κ3) is 4.20. The molecule has 5 heteroatoms. The van der Waals surface area contributed by atoms with Crippen LogP contribution in [0.3, 0.4) is 0 Å². The van der Waals surface area contributed by atoms with Crippen molar-refractivity contribution in [2.24, 2.45) is 5.92 Å². The molecule has 2 aliphatic heterocycles. The second kappa shape index (κ2) is 8.10. The van der Waals surface area contributed by atoms with Crippen molar-refractivity contribution >= 4 is 5.69 Å². The van der Waals surface area contributed by atoms with E-state index >= 15 is 0 Å². The zero-order valence-electron chi connectivity index (χ0n) is 18.4. The Morgan fingerprint density at radius 3 is 2.86 bits per heavy atom. The van der Waals surface area contributed by atoms with Gasteiger partial charge in [0.25, 0.3) is 0 Å². The summed E-state index contributed by atoms with van der Waals surface area (Å²) in [4.78, 5) is 5.09. The van der Waals surface area contributed by atoms with Gasteiger partial charge in [0.15, 0.2) is 0 Å². The topological polar surface area (TPSA) is 24.3 Å². The van der Waals surface area contributed by atoms with Crippen LogP contribution in [0.4, 0.5) is 10.1 Å². The number of unbranched alkanes of at least 4 members (excludes halogenated alkanes) is 1. The third-order valence-electron chi connectivity index (χ3n) is 6.79. The zero-order valence-corrected chi connectivity index (χ0v) is 18.4.